The molecule has 0 bridgehead atoms. The average Bonchev–Trinajstić information content (AvgIpc) is 3.35. The second-order valence-electron chi connectivity index (χ2n) is 10.2. The number of ether oxygens (including phenoxy) is 2. The number of carbonyl (C=O) groups excluding carboxylic acids is 1. The summed E-state index contributed by atoms with van der Waals surface area (Å²) < 4.78 is 13.8. The Balaban J connectivity index is 1.16. The van der Waals surface area contributed by atoms with Gasteiger partial charge in [0.1, 0.15) is 35.5 Å². The van der Waals surface area contributed by atoms with Gasteiger partial charge in [-0.05, 0) is 56.2 Å². The maximum atomic E-state index is 12.7. The number of benzene rings is 2. The van der Waals surface area contributed by atoms with E-state index in [1.165, 1.54) is 24.8 Å². The third kappa shape index (κ3) is 5.62. The van der Waals surface area contributed by atoms with Crippen LogP contribution >= 0.6 is 0 Å². The van der Waals surface area contributed by atoms with Gasteiger partial charge in [-0.2, -0.15) is 0 Å². The maximum Gasteiger partial charge on any atom is 0.170 e. The van der Waals surface area contributed by atoms with E-state index in [0.717, 1.165) is 43.4 Å². The number of aliphatic hydroxyl groups is 1. The number of unbranched alkanes of at least 4 members (excludes halogenated alkanes) is 1. The first-order valence-corrected chi connectivity index (χ1v) is 13.2. The Morgan fingerprint density at radius 3 is 2.72 bits per heavy atom. The summed E-state index contributed by atoms with van der Waals surface area (Å²) in [6, 6.07) is 13.7. The van der Waals surface area contributed by atoms with E-state index < -0.39 is 6.10 Å². The van der Waals surface area contributed by atoms with E-state index in [1.54, 1.807) is 22.9 Å². The molecule has 2 heterocycles. The van der Waals surface area contributed by atoms with Crippen molar-refractivity contribution in [3.8, 4) is 22.8 Å². The number of fused-ring (bicyclic) bond motifs is 1. The van der Waals surface area contributed by atoms with E-state index in [0.29, 0.717) is 23.5 Å². The Kier molecular flexibility index (Phi) is 7.37. The molecule has 1 atom stereocenters. The molecule has 0 unspecified atom stereocenters. The number of ketones is 1. The first kappa shape index (κ1) is 24.5. The zero-order valence-electron chi connectivity index (χ0n) is 21.0. The fourth-order valence-corrected chi connectivity index (χ4v) is 5.24. The van der Waals surface area contributed by atoms with Gasteiger partial charge in [0.15, 0.2) is 5.78 Å². The molecule has 1 aliphatic heterocycles. The predicted octanol–water partition coefficient (Wildman–Crippen LogP) is 5.40. The second-order valence-corrected chi connectivity index (χ2v) is 10.2. The van der Waals surface area contributed by atoms with Crippen molar-refractivity contribution in [1.82, 2.24) is 15.0 Å². The first-order valence-electron chi connectivity index (χ1n) is 13.2. The number of aryl methyl sites for hydroxylation is 1. The van der Waals surface area contributed by atoms with Gasteiger partial charge < -0.3 is 14.6 Å². The van der Waals surface area contributed by atoms with Gasteiger partial charge in [0.05, 0.1) is 24.7 Å². The van der Waals surface area contributed by atoms with E-state index in [2.05, 4.69) is 41.5 Å². The monoisotopic (exact) mass is 489 g/mol. The molecule has 3 aromatic rings. The van der Waals surface area contributed by atoms with Crippen molar-refractivity contribution in [2.45, 2.75) is 83.0 Å². The Bertz CT molecular complexity index is 1180. The molecule has 1 aromatic heterocycles. The minimum Gasteiger partial charge on any atom is -0.491 e. The summed E-state index contributed by atoms with van der Waals surface area (Å²) in [5, 5.41) is 19.0. The molecule has 190 valence electrons. The van der Waals surface area contributed by atoms with Crippen molar-refractivity contribution in [2.24, 2.45) is 0 Å². The van der Waals surface area contributed by atoms with E-state index >= 15 is 0 Å². The Hall–Kier alpha value is -3.19. The van der Waals surface area contributed by atoms with Crippen LogP contribution in [0.3, 0.4) is 0 Å². The Morgan fingerprint density at radius 2 is 1.94 bits per heavy atom. The number of carbonyl (C=O) groups is 1. The van der Waals surface area contributed by atoms with E-state index in [4.69, 9.17) is 9.47 Å². The highest BCUT2D eigenvalue weighted by molar-refractivity contribution is 6.00. The molecule has 1 saturated carbocycles. The number of aliphatic hydroxyl groups excluding tert-OH is 1. The van der Waals surface area contributed by atoms with Crippen LogP contribution in [-0.4, -0.2) is 44.2 Å². The van der Waals surface area contributed by atoms with Gasteiger partial charge in [-0.3, -0.25) is 4.79 Å². The van der Waals surface area contributed by atoms with Crippen LogP contribution < -0.4 is 9.47 Å². The van der Waals surface area contributed by atoms with Gasteiger partial charge in [-0.1, -0.05) is 49.2 Å². The average molecular weight is 490 g/mol. The van der Waals surface area contributed by atoms with Gasteiger partial charge in [-0.15, -0.1) is 5.10 Å². The molecule has 5 rings (SSSR count). The summed E-state index contributed by atoms with van der Waals surface area (Å²) in [7, 11) is 0. The van der Waals surface area contributed by atoms with Crippen LogP contribution in [0, 0.1) is 0 Å². The highest BCUT2D eigenvalue weighted by atomic mass is 16.5. The quantitative estimate of drug-likeness (QED) is 0.433. The molecule has 1 N–H and O–H groups in total. The predicted molar refractivity (Wildman–Crippen MR) is 137 cm³/mol. The Labute approximate surface area is 212 Å². The lowest BCUT2D eigenvalue weighted by molar-refractivity contribution is 0.0132. The summed E-state index contributed by atoms with van der Waals surface area (Å²) >= 11 is 0. The normalized spacial score (nSPS) is 17.4. The van der Waals surface area contributed by atoms with Crippen molar-refractivity contribution in [1.29, 1.82) is 0 Å². The van der Waals surface area contributed by atoms with Crippen molar-refractivity contribution in [2.75, 3.05) is 6.61 Å². The SMILES string of the molecule is CCCCc1ccc(-c2cn(C[C@@H](O)COc3ccc4c(c3)OC3(CCCCC3)CC4=O)nn2)cc1. The molecule has 36 heavy (non-hydrogen) atoms. The molecule has 1 aliphatic carbocycles. The van der Waals surface area contributed by atoms with Gasteiger partial charge >= 0.3 is 0 Å². The standard InChI is InChI=1S/C29H35N3O4/c1-2-3-7-21-8-10-22(11-9-21)26-19-32(31-30-26)18-23(33)20-35-24-12-13-25-27(34)17-29(36-28(25)16-24)14-5-4-6-15-29/h8-13,16,19,23,33H,2-7,14-15,17-18,20H2,1H3/t23-/m1/s1. The lowest BCUT2D eigenvalue weighted by atomic mass is 9.78. The minimum atomic E-state index is -0.765. The van der Waals surface area contributed by atoms with Crippen LogP contribution in [0.15, 0.2) is 48.7 Å². The molecule has 0 radical (unpaired) electrons. The molecule has 0 saturated heterocycles. The van der Waals surface area contributed by atoms with Gasteiger partial charge in [0.25, 0.3) is 0 Å². The molecule has 1 spiro atoms. The first-order chi connectivity index (χ1) is 17.5. The fraction of sp³-hybridized carbons (Fsp3) is 0.483. The largest absolute Gasteiger partial charge is 0.491 e. The van der Waals surface area contributed by atoms with Crippen LogP contribution in [-0.2, 0) is 13.0 Å². The van der Waals surface area contributed by atoms with E-state index in [-0.39, 0.29) is 24.5 Å². The van der Waals surface area contributed by atoms with Crippen molar-refractivity contribution in [3.63, 3.8) is 0 Å². The number of Topliss-reactive ketones (excluding diaryl/α,β-unsaturated/α-hetero) is 1. The molecule has 1 fully saturated rings. The molecular weight excluding hydrogens is 454 g/mol. The summed E-state index contributed by atoms with van der Waals surface area (Å²) in [6.45, 7) is 2.56. The summed E-state index contributed by atoms with van der Waals surface area (Å²) in [6.07, 6.45) is 10.2. The fourth-order valence-electron chi connectivity index (χ4n) is 5.24. The van der Waals surface area contributed by atoms with Gasteiger partial charge in [0, 0.05) is 11.6 Å². The van der Waals surface area contributed by atoms with Crippen molar-refractivity contribution >= 4 is 5.78 Å². The van der Waals surface area contributed by atoms with Crippen molar-refractivity contribution in [3.05, 3.63) is 59.8 Å². The van der Waals surface area contributed by atoms with Crippen LogP contribution in [0.25, 0.3) is 11.3 Å². The third-order valence-electron chi connectivity index (χ3n) is 7.28. The molecular formula is C29H35N3O4. The summed E-state index contributed by atoms with van der Waals surface area (Å²) in [5.74, 6) is 1.32. The van der Waals surface area contributed by atoms with E-state index in [9.17, 15) is 9.90 Å². The topological polar surface area (TPSA) is 86.5 Å². The van der Waals surface area contributed by atoms with Crippen LogP contribution in [0.1, 0.15) is 74.2 Å². The highest BCUT2D eigenvalue weighted by Gasteiger charge is 2.41. The number of nitrogens with zero attached hydrogens (tertiary/aromatic N) is 3. The van der Waals surface area contributed by atoms with Crippen molar-refractivity contribution < 1.29 is 19.4 Å². The minimum absolute atomic E-state index is 0.0964. The summed E-state index contributed by atoms with van der Waals surface area (Å²) in [5.41, 5.74) is 3.37. The lowest BCUT2D eigenvalue weighted by Gasteiger charge is -2.40. The van der Waals surface area contributed by atoms with Gasteiger partial charge in [-0.25, -0.2) is 4.68 Å². The molecule has 0 amide bonds. The molecule has 2 aromatic carbocycles. The third-order valence-corrected chi connectivity index (χ3v) is 7.28. The number of rotatable bonds is 9. The Morgan fingerprint density at radius 1 is 1.14 bits per heavy atom. The van der Waals surface area contributed by atoms with Crippen LogP contribution in [0.2, 0.25) is 0 Å². The molecule has 7 heteroatoms. The second kappa shape index (κ2) is 10.8. The zero-order chi connectivity index (χ0) is 25.0. The maximum absolute atomic E-state index is 12.7. The smallest absolute Gasteiger partial charge is 0.170 e. The van der Waals surface area contributed by atoms with Gasteiger partial charge in [0.2, 0.25) is 0 Å². The van der Waals surface area contributed by atoms with Crippen LogP contribution in [0.5, 0.6) is 11.5 Å². The lowest BCUT2D eigenvalue weighted by Crippen LogP contribution is -2.43. The van der Waals surface area contributed by atoms with E-state index in [1.807, 2.05) is 6.20 Å². The number of hydrogen-bond acceptors (Lipinski definition) is 6. The van der Waals surface area contributed by atoms with Crippen LogP contribution in [0.4, 0.5) is 0 Å². The molecule has 2 aliphatic rings. The number of hydrogen-bond donors (Lipinski definition) is 1. The zero-order valence-corrected chi connectivity index (χ0v) is 21.0. The highest BCUT2D eigenvalue weighted by Crippen LogP contribution is 2.42. The number of aromatic nitrogens is 3. The summed E-state index contributed by atoms with van der Waals surface area (Å²) in [4.78, 5) is 12.7. The molecule has 7 nitrogen and oxygen atoms in total.